The minimum Gasteiger partial charge on any atom is -0.478 e. The maximum absolute atomic E-state index is 10.7. The average Bonchev–Trinajstić information content (AvgIpc) is 2.15. The zero-order valence-electron chi connectivity index (χ0n) is 7.76. The molecule has 0 unspecified atom stereocenters. The second kappa shape index (κ2) is 3.87. The number of carbonyl (C=O) groups is 2. The molecule has 0 spiro atoms. The van der Waals surface area contributed by atoms with Gasteiger partial charge in [0.2, 0.25) is 0 Å². The van der Waals surface area contributed by atoms with Gasteiger partial charge in [0.15, 0.2) is 6.29 Å². The van der Waals surface area contributed by atoms with Crippen molar-refractivity contribution in [2.75, 3.05) is 0 Å². The molecule has 0 aliphatic heterocycles. The van der Waals surface area contributed by atoms with Gasteiger partial charge in [-0.15, -0.1) is 0 Å². The van der Waals surface area contributed by atoms with E-state index in [9.17, 15) is 19.7 Å². The van der Waals surface area contributed by atoms with E-state index < -0.39 is 22.1 Å². The Morgan fingerprint density at radius 2 is 2.13 bits per heavy atom. The zero-order chi connectivity index (χ0) is 11.6. The summed E-state index contributed by atoms with van der Waals surface area (Å²) < 4.78 is 0. The summed E-state index contributed by atoms with van der Waals surface area (Å²) in [6.07, 6.45) is 0.189. The number of rotatable bonds is 3. The second-order valence-corrected chi connectivity index (χ2v) is 2.87. The number of carbonyl (C=O) groups excluding carboxylic acids is 1. The molecule has 0 aliphatic rings. The first-order valence-electron chi connectivity index (χ1n) is 3.95. The molecule has 78 valence electrons. The standard InChI is InChI=1S/C9H7NO5/c1-5-2-3-6(9(12)13)7(4-11)8(5)10(14)15/h2-4H,1H3,(H,12,13). The van der Waals surface area contributed by atoms with Crippen LogP contribution in [0.1, 0.15) is 26.3 Å². The van der Waals surface area contributed by atoms with Gasteiger partial charge < -0.3 is 5.11 Å². The van der Waals surface area contributed by atoms with Crippen molar-refractivity contribution in [2.45, 2.75) is 6.92 Å². The van der Waals surface area contributed by atoms with Crippen LogP contribution in [0.15, 0.2) is 12.1 Å². The zero-order valence-corrected chi connectivity index (χ0v) is 7.76. The average molecular weight is 209 g/mol. The van der Waals surface area contributed by atoms with Crippen molar-refractivity contribution in [1.82, 2.24) is 0 Å². The second-order valence-electron chi connectivity index (χ2n) is 2.87. The van der Waals surface area contributed by atoms with E-state index in [0.717, 1.165) is 0 Å². The summed E-state index contributed by atoms with van der Waals surface area (Å²) in [6, 6.07) is 2.48. The van der Waals surface area contributed by atoms with Crippen molar-refractivity contribution >= 4 is 17.9 Å². The minimum absolute atomic E-state index is 0.189. The van der Waals surface area contributed by atoms with E-state index in [2.05, 4.69) is 0 Å². The Labute approximate surface area is 84.3 Å². The predicted octanol–water partition coefficient (Wildman–Crippen LogP) is 1.41. The minimum atomic E-state index is -1.36. The number of benzene rings is 1. The molecular weight excluding hydrogens is 202 g/mol. The molecule has 1 rings (SSSR count). The normalized spacial score (nSPS) is 9.67. The lowest BCUT2D eigenvalue weighted by Crippen LogP contribution is -2.06. The predicted molar refractivity (Wildman–Crippen MR) is 50.2 cm³/mol. The van der Waals surface area contributed by atoms with Crippen LogP contribution in [0.3, 0.4) is 0 Å². The van der Waals surface area contributed by atoms with Crippen LogP contribution in [-0.2, 0) is 0 Å². The first kappa shape index (κ1) is 10.8. The lowest BCUT2D eigenvalue weighted by molar-refractivity contribution is -0.385. The summed E-state index contributed by atoms with van der Waals surface area (Å²) in [4.78, 5) is 31.2. The molecule has 0 radical (unpaired) electrons. The molecular formula is C9H7NO5. The van der Waals surface area contributed by atoms with Gasteiger partial charge in [0, 0.05) is 5.56 Å². The molecule has 0 saturated carbocycles. The summed E-state index contributed by atoms with van der Waals surface area (Å²) >= 11 is 0. The number of aryl methyl sites for hydroxylation is 1. The molecule has 6 heteroatoms. The molecule has 0 bridgehead atoms. The van der Waals surface area contributed by atoms with Crippen LogP contribution in [0.2, 0.25) is 0 Å². The molecule has 15 heavy (non-hydrogen) atoms. The number of carboxylic acid groups (broad SMARTS) is 1. The highest BCUT2D eigenvalue weighted by atomic mass is 16.6. The molecule has 0 aromatic heterocycles. The van der Waals surface area contributed by atoms with E-state index in [4.69, 9.17) is 5.11 Å². The summed E-state index contributed by atoms with van der Waals surface area (Å²) in [5.41, 5.74) is -0.952. The van der Waals surface area contributed by atoms with E-state index >= 15 is 0 Å². The van der Waals surface area contributed by atoms with E-state index in [1.807, 2.05) is 0 Å². The number of nitro groups is 1. The SMILES string of the molecule is Cc1ccc(C(=O)O)c(C=O)c1[N+](=O)[O-]. The van der Waals surface area contributed by atoms with Crippen molar-refractivity contribution < 1.29 is 19.6 Å². The Bertz CT molecular complexity index is 452. The molecule has 0 aliphatic carbocycles. The third kappa shape index (κ3) is 1.83. The van der Waals surface area contributed by atoms with Crippen molar-refractivity contribution in [3.05, 3.63) is 38.9 Å². The topological polar surface area (TPSA) is 97.5 Å². The van der Waals surface area contributed by atoms with Crippen LogP contribution in [0, 0.1) is 17.0 Å². The number of aldehydes is 1. The van der Waals surface area contributed by atoms with Crippen LogP contribution in [0.25, 0.3) is 0 Å². The van der Waals surface area contributed by atoms with Gasteiger partial charge in [0.25, 0.3) is 5.69 Å². The molecule has 0 amide bonds. The lowest BCUT2D eigenvalue weighted by atomic mass is 10.0. The van der Waals surface area contributed by atoms with Crippen LogP contribution in [0.4, 0.5) is 5.69 Å². The highest BCUT2D eigenvalue weighted by Crippen LogP contribution is 2.25. The molecule has 0 saturated heterocycles. The Kier molecular flexibility index (Phi) is 2.80. The Morgan fingerprint density at radius 1 is 1.53 bits per heavy atom. The lowest BCUT2D eigenvalue weighted by Gasteiger charge is -2.03. The summed E-state index contributed by atoms with van der Waals surface area (Å²) in [5, 5.41) is 19.3. The number of nitrogens with zero attached hydrogens (tertiary/aromatic N) is 1. The Balaban J connectivity index is 3.61. The van der Waals surface area contributed by atoms with Gasteiger partial charge in [0.05, 0.1) is 10.5 Å². The maximum Gasteiger partial charge on any atom is 0.336 e. The molecule has 1 aromatic rings. The summed E-state index contributed by atoms with van der Waals surface area (Å²) in [7, 11) is 0. The molecule has 6 nitrogen and oxygen atoms in total. The van der Waals surface area contributed by atoms with Gasteiger partial charge in [-0.1, -0.05) is 6.07 Å². The van der Waals surface area contributed by atoms with E-state index in [-0.39, 0.29) is 17.4 Å². The summed E-state index contributed by atoms with van der Waals surface area (Å²) in [6.45, 7) is 1.44. The van der Waals surface area contributed by atoms with Crippen LogP contribution in [-0.4, -0.2) is 22.3 Å². The van der Waals surface area contributed by atoms with Crippen LogP contribution in [0.5, 0.6) is 0 Å². The van der Waals surface area contributed by atoms with E-state index in [1.165, 1.54) is 19.1 Å². The fourth-order valence-corrected chi connectivity index (χ4v) is 1.27. The molecule has 0 fully saturated rings. The van der Waals surface area contributed by atoms with Crippen molar-refractivity contribution in [2.24, 2.45) is 0 Å². The maximum atomic E-state index is 10.7. The third-order valence-corrected chi connectivity index (χ3v) is 1.95. The highest BCUT2D eigenvalue weighted by molar-refractivity contribution is 6.00. The fourth-order valence-electron chi connectivity index (χ4n) is 1.27. The highest BCUT2D eigenvalue weighted by Gasteiger charge is 2.23. The largest absolute Gasteiger partial charge is 0.478 e. The fraction of sp³-hybridized carbons (Fsp3) is 0.111. The van der Waals surface area contributed by atoms with Crippen molar-refractivity contribution in [1.29, 1.82) is 0 Å². The molecule has 1 aromatic carbocycles. The van der Waals surface area contributed by atoms with Gasteiger partial charge in [-0.3, -0.25) is 14.9 Å². The first-order chi connectivity index (χ1) is 6.99. The van der Waals surface area contributed by atoms with E-state index in [0.29, 0.717) is 0 Å². The van der Waals surface area contributed by atoms with Crippen LogP contribution < -0.4 is 0 Å². The van der Waals surface area contributed by atoms with Crippen molar-refractivity contribution in [3.8, 4) is 0 Å². The van der Waals surface area contributed by atoms with Gasteiger partial charge in [0.1, 0.15) is 5.56 Å². The first-order valence-corrected chi connectivity index (χ1v) is 3.95. The molecule has 0 heterocycles. The van der Waals surface area contributed by atoms with Crippen molar-refractivity contribution in [3.63, 3.8) is 0 Å². The quantitative estimate of drug-likeness (QED) is 0.461. The molecule has 1 N–H and O–H groups in total. The number of aromatic carboxylic acids is 1. The van der Waals surface area contributed by atoms with Crippen LogP contribution >= 0.6 is 0 Å². The Hall–Kier alpha value is -2.24. The number of carboxylic acids is 1. The number of nitro benzene ring substituents is 1. The monoisotopic (exact) mass is 209 g/mol. The third-order valence-electron chi connectivity index (χ3n) is 1.95. The smallest absolute Gasteiger partial charge is 0.336 e. The number of hydrogen-bond acceptors (Lipinski definition) is 4. The summed E-state index contributed by atoms with van der Waals surface area (Å²) in [5.74, 6) is -1.36. The van der Waals surface area contributed by atoms with Gasteiger partial charge in [-0.25, -0.2) is 4.79 Å². The van der Waals surface area contributed by atoms with E-state index in [1.54, 1.807) is 0 Å². The van der Waals surface area contributed by atoms with Gasteiger partial charge >= 0.3 is 5.97 Å². The van der Waals surface area contributed by atoms with Gasteiger partial charge in [-0.05, 0) is 13.0 Å². The number of hydrogen-bond donors (Lipinski definition) is 1. The molecule has 0 atom stereocenters. The van der Waals surface area contributed by atoms with Gasteiger partial charge in [-0.2, -0.15) is 0 Å². The Morgan fingerprint density at radius 3 is 2.53 bits per heavy atom.